The third kappa shape index (κ3) is 5.00. The molecule has 2 N–H and O–H groups in total. The lowest BCUT2D eigenvalue weighted by Crippen LogP contribution is -2.64. The first-order chi connectivity index (χ1) is 16.7. The number of guanidine groups is 1. The number of piperidine rings is 1. The van der Waals surface area contributed by atoms with Crippen molar-refractivity contribution in [3.8, 4) is 0 Å². The molecule has 0 aromatic carbocycles. The zero-order valence-electron chi connectivity index (χ0n) is 21.4. The molecule has 0 unspecified atom stereocenters. The van der Waals surface area contributed by atoms with Crippen LogP contribution < -0.4 is 10.6 Å². The first-order valence-corrected chi connectivity index (χ1v) is 15.1. The molecular formula is C29H48N4O. The topological polar surface area (TPSA) is 56.7 Å². The van der Waals surface area contributed by atoms with Gasteiger partial charge < -0.3 is 15.5 Å². The van der Waals surface area contributed by atoms with Crippen molar-refractivity contribution in [2.45, 2.75) is 146 Å². The van der Waals surface area contributed by atoms with Gasteiger partial charge in [0.15, 0.2) is 5.96 Å². The average Bonchev–Trinajstić information content (AvgIpc) is 2.84. The van der Waals surface area contributed by atoms with Gasteiger partial charge in [-0.1, -0.05) is 38.5 Å². The van der Waals surface area contributed by atoms with Gasteiger partial charge in [0.05, 0.1) is 6.04 Å². The van der Waals surface area contributed by atoms with Crippen LogP contribution in [0.3, 0.4) is 0 Å². The molecule has 190 valence electrons. The summed E-state index contributed by atoms with van der Waals surface area (Å²) in [6, 6.07) is 0.929. The molecule has 6 aliphatic carbocycles. The van der Waals surface area contributed by atoms with Crippen LogP contribution in [0.1, 0.15) is 122 Å². The summed E-state index contributed by atoms with van der Waals surface area (Å²) in [6.45, 7) is 0.976. The summed E-state index contributed by atoms with van der Waals surface area (Å²) in [6.07, 6.45) is 24.2. The molecule has 5 heteroatoms. The van der Waals surface area contributed by atoms with E-state index < -0.39 is 0 Å². The number of hydrogen-bond acceptors (Lipinski definition) is 2. The SMILES string of the molecule is O=C(NC12CC3CC(CC(C3)C1)C2)[C@@H]1CCCCN1C(=NC1CCCCC1)NC1CCCCC1. The Bertz CT molecular complexity index is 716. The lowest BCUT2D eigenvalue weighted by molar-refractivity contribution is -0.131. The molecular weight excluding hydrogens is 420 g/mol. The predicted molar refractivity (Wildman–Crippen MR) is 138 cm³/mol. The molecule has 4 bridgehead atoms. The maximum absolute atomic E-state index is 13.9. The monoisotopic (exact) mass is 468 g/mol. The predicted octanol–water partition coefficient (Wildman–Crippen LogP) is 5.54. The molecule has 1 atom stereocenters. The molecule has 5 nitrogen and oxygen atoms in total. The van der Waals surface area contributed by atoms with Crippen LogP contribution >= 0.6 is 0 Å². The van der Waals surface area contributed by atoms with Crippen molar-refractivity contribution >= 4 is 11.9 Å². The quantitative estimate of drug-likeness (QED) is 0.421. The Balaban J connectivity index is 1.20. The smallest absolute Gasteiger partial charge is 0.243 e. The summed E-state index contributed by atoms with van der Waals surface area (Å²) in [5.74, 6) is 3.98. The van der Waals surface area contributed by atoms with E-state index in [-0.39, 0.29) is 11.6 Å². The largest absolute Gasteiger partial charge is 0.353 e. The molecule has 0 aromatic rings. The fourth-order valence-corrected chi connectivity index (χ4v) is 9.07. The Morgan fingerprint density at radius 1 is 0.735 bits per heavy atom. The van der Waals surface area contributed by atoms with Gasteiger partial charge in [-0.3, -0.25) is 4.79 Å². The van der Waals surface area contributed by atoms with Gasteiger partial charge in [0.1, 0.15) is 6.04 Å². The molecule has 6 saturated carbocycles. The Morgan fingerprint density at radius 3 is 1.97 bits per heavy atom. The number of nitrogens with one attached hydrogen (secondary N) is 2. The normalized spacial score (nSPS) is 39.3. The van der Waals surface area contributed by atoms with Gasteiger partial charge in [0, 0.05) is 18.1 Å². The first kappa shape index (κ1) is 23.2. The highest BCUT2D eigenvalue weighted by molar-refractivity contribution is 5.90. The Hall–Kier alpha value is -1.26. The number of carbonyl (C=O) groups is 1. The van der Waals surface area contributed by atoms with E-state index in [1.165, 1.54) is 109 Å². The second-order valence-electron chi connectivity index (χ2n) is 13.1. The van der Waals surface area contributed by atoms with Gasteiger partial charge in [0.25, 0.3) is 0 Å². The van der Waals surface area contributed by atoms with Crippen molar-refractivity contribution in [3.63, 3.8) is 0 Å². The second-order valence-corrected chi connectivity index (χ2v) is 13.1. The van der Waals surface area contributed by atoms with Gasteiger partial charge >= 0.3 is 0 Å². The molecule has 1 amide bonds. The fraction of sp³-hybridized carbons (Fsp3) is 0.931. The van der Waals surface area contributed by atoms with Crippen LogP contribution in [0.15, 0.2) is 4.99 Å². The van der Waals surface area contributed by atoms with E-state index in [0.717, 1.165) is 43.1 Å². The zero-order chi connectivity index (χ0) is 23.0. The van der Waals surface area contributed by atoms with Crippen LogP contribution in [0.4, 0.5) is 0 Å². The fourth-order valence-electron chi connectivity index (χ4n) is 9.07. The molecule has 1 aliphatic heterocycles. The van der Waals surface area contributed by atoms with E-state index in [0.29, 0.717) is 18.0 Å². The second kappa shape index (κ2) is 10.0. The van der Waals surface area contributed by atoms with Crippen LogP contribution in [-0.4, -0.2) is 47.0 Å². The van der Waals surface area contributed by atoms with E-state index in [4.69, 9.17) is 4.99 Å². The van der Waals surface area contributed by atoms with Crippen molar-refractivity contribution in [2.75, 3.05) is 6.54 Å². The average molecular weight is 469 g/mol. The third-order valence-corrected chi connectivity index (χ3v) is 10.3. The van der Waals surface area contributed by atoms with Gasteiger partial charge in [0.2, 0.25) is 5.91 Å². The molecule has 34 heavy (non-hydrogen) atoms. The Labute approximate surface area is 207 Å². The number of hydrogen-bond donors (Lipinski definition) is 2. The Morgan fingerprint density at radius 2 is 1.32 bits per heavy atom. The van der Waals surface area contributed by atoms with Crippen molar-refractivity contribution in [1.29, 1.82) is 0 Å². The van der Waals surface area contributed by atoms with Crippen molar-refractivity contribution in [3.05, 3.63) is 0 Å². The third-order valence-electron chi connectivity index (χ3n) is 10.3. The summed E-state index contributed by atoms with van der Waals surface area (Å²) in [4.78, 5) is 21.7. The number of rotatable bonds is 4. The number of nitrogens with zero attached hydrogens (tertiary/aromatic N) is 2. The standard InChI is InChI=1S/C29H48N4O/c34-27(32-29-18-21-15-22(19-29)17-23(16-21)20-29)26-13-7-8-14-33(26)28(30-24-9-3-1-4-10-24)31-25-11-5-2-6-12-25/h21-26H,1-20H2,(H,30,31)(H,32,34)/t21?,22?,23?,26-,29?/m0/s1. The molecule has 0 spiro atoms. The summed E-state index contributed by atoms with van der Waals surface area (Å²) in [7, 11) is 0. The van der Waals surface area contributed by atoms with Crippen molar-refractivity contribution < 1.29 is 4.79 Å². The maximum atomic E-state index is 13.9. The van der Waals surface area contributed by atoms with E-state index in [2.05, 4.69) is 15.5 Å². The highest BCUT2D eigenvalue weighted by atomic mass is 16.2. The van der Waals surface area contributed by atoms with E-state index >= 15 is 0 Å². The lowest BCUT2D eigenvalue weighted by atomic mass is 9.53. The highest BCUT2D eigenvalue weighted by Crippen LogP contribution is 2.55. The minimum atomic E-state index is -0.0415. The summed E-state index contributed by atoms with van der Waals surface area (Å²) in [5.41, 5.74) is 0.104. The Kier molecular flexibility index (Phi) is 6.82. The van der Waals surface area contributed by atoms with E-state index in [1.54, 1.807) is 0 Å². The van der Waals surface area contributed by atoms with Gasteiger partial charge in [-0.25, -0.2) is 4.99 Å². The van der Waals surface area contributed by atoms with E-state index in [9.17, 15) is 4.79 Å². The molecule has 1 heterocycles. The lowest BCUT2D eigenvalue weighted by Gasteiger charge is -2.57. The number of likely N-dealkylation sites (tertiary alicyclic amines) is 1. The van der Waals surface area contributed by atoms with Crippen LogP contribution in [-0.2, 0) is 4.79 Å². The minimum Gasteiger partial charge on any atom is -0.353 e. The molecule has 7 fully saturated rings. The van der Waals surface area contributed by atoms with Crippen LogP contribution in [0, 0.1) is 17.8 Å². The number of aliphatic imine (C=N–C) groups is 1. The zero-order valence-corrected chi connectivity index (χ0v) is 21.4. The van der Waals surface area contributed by atoms with Gasteiger partial charge in [-0.05, 0) is 101 Å². The van der Waals surface area contributed by atoms with Crippen LogP contribution in [0.5, 0.6) is 0 Å². The van der Waals surface area contributed by atoms with Crippen molar-refractivity contribution in [1.82, 2.24) is 15.5 Å². The van der Waals surface area contributed by atoms with Gasteiger partial charge in [-0.2, -0.15) is 0 Å². The molecule has 7 aliphatic rings. The van der Waals surface area contributed by atoms with Crippen molar-refractivity contribution in [2.24, 2.45) is 22.7 Å². The van der Waals surface area contributed by atoms with E-state index in [1.807, 2.05) is 0 Å². The van der Waals surface area contributed by atoms with Crippen LogP contribution in [0.2, 0.25) is 0 Å². The highest BCUT2D eigenvalue weighted by Gasteiger charge is 2.52. The number of carbonyl (C=O) groups excluding carboxylic acids is 1. The summed E-state index contributed by atoms with van der Waals surface area (Å²) in [5, 5.41) is 7.64. The number of amides is 1. The summed E-state index contributed by atoms with van der Waals surface area (Å²) >= 11 is 0. The summed E-state index contributed by atoms with van der Waals surface area (Å²) < 4.78 is 0. The molecule has 0 radical (unpaired) electrons. The van der Waals surface area contributed by atoms with Crippen LogP contribution in [0.25, 0.3) is 0 Å². The molecule has 7 rings (SSSR count). The minimum absolute atomic E-state index is 0.0415. The van der Waals surface area contributed by atoms with Gasteiger partial charge in [-0.15, -0.1) is 0 Å². The molecule has 1 saturated heterocycles. The molecule has 0 aromatic heterocycles. The first-order valence-electron chi connectivity index (χ1n) is 15.1. The maximum Gasteiger partial charge on any atom is 0.243 e.